The number of quaternary nitrogens is 1. The molecular formula is C65H123NO8P+. The van der Waals surface area contributed by atoms with Crippen LogP contribution in [0.15, 0.2) is 48.6 Å². The minimum absolute atomic E-state index is 0.0346. The lowest BCUT2D eigenvalue weighted by Crippen LogP contribution is -2.37. The first-order chi connectivity index (χ1) is 36.5. The smallest absolute Gasteiger partial charge is 0.462 e. The third kappa shape index (κ3) is 61.1. The summed E-state index contributed by atoms with van der Waals surface area (Å²) in [6.07, 6.45) is 72.1. The van der Waals surface area contributed by atoms with Crippen molar-refractivity contribution in [3.63, 3.8) is 0 Å². The predicted molar refractivity (Wildman–Crippen MR) is 321 cm³/mol. The Balaban J connectivity index is 3.96. The Bertz CT molecular complexity index is 1410. The first kappa shape index (κ1) is 73.0. The van der Waals surface area contributed by atoms with Gasteiger partial charge in [0.15, 0.2) is 6.10 Å². The highest BCUT2D eigenvalue weighted by molar-refractivity contribution is 7.47. The van der Waals surface area contributed by atoms with Crippen LogP contribution >= 0.6 is 7.82 Å². The molecule has 0 bridgehead atoms. The molecule has 440 valence electrons. The summed E-state index contributed by atoms with van der Waals surface area (Å²) in [6, 6.07) is 0. The van der Waals surface area contributed by atoms with Crippen LogP contribution < -0.4 is 0 Å². The summed E-state index contributed by atoms with van der Waals surface area (Å²) in [5.74, 6) is -0.779. The molecule has 75 heavy (non-hydrogen) atoms. The average Bonchev–Trinajstić information content (AvgIpc) is 3.37. The molecule has 0 saturated heterocycles. The van der Waals surface area contributed by atoms with Gasteiger partial charge in [-0.1, -0.05) is 287 Å². The highest BCUT2D eigenvalue weighted by atomic mass is 31.2. The topological polar surface area (TPSA) is 108 Å². The average molecular weight is 1080 g/mol. The van der Waals surface area contributed by atoms with Crippen molar-refractivity contribution in [2.45, 2.75) is 309 Å². The van der Waals surface area contributed by atoms with Gasteiger partial charge in [-0.25, -0.2) is 4.57 Å². The van der Waals surface area contributed by atoms with Crippen molar-refractivity contribution in [1.82, 2.24) is 0 Å². The number of hydrogen-bond donors (Lipinski definition) is 1. The van der Waals surface area contributed by atoms with Crippen LogP contribution in [-0.4, -0.2) is 74.9 Å². The van der Waals surface area contributed by atoms with Gasteiger partial charge in [-0.05, 0) is 51.4 Å². The zero-order valence-corrected chi connectivity index (χ0v) is 50.9. The monoisotopic (exact) mass is 1080 g/mol. The Kier molecular flexibility index (Phi) is 55.1. The predicted octanol–water partition coefficient (Wildman–Crippen LogP) is 20.1. The lowest BCUT2D eigenvalue weighted by Gasteiger charge is -2.24. The number of nitrogens with zero attached hydrogens (tertiary/aromatic N) is 1. The van der Waals surface area contributed by atoms with Crippen LogP contribution in [0.4, 0.5) is 0 Å². The number of phosphoric ester groups is 1. The van der Waals surface area contributed by atoms with E-state index in [4.69, 9.17) is 18.5 Å². The molecule has 0 aliphatic heterocycles. The number of phosphoric acid groups is 1. The van der Waals surface area contributed by atoms with E-state index in [-0.39, 0.29) is 25.6 Å². The van der Waals surface area contributed by atoms with Crippen LogP contribution in [0.1, 0.15) is 303 Å². The van der Waals surface area contributed by atoms with Crippen molar-refractivity contribution >= 4 is 19.8 Å². The number of allylic oxidation sites excluding steroid dienone is 8. The molecule has 2 unspecified atom stereocenters. The van der Waals surface area contributed by atoms with Crippen molar-refractivity contribution in [2.75, 3.05) is 47.5 Å². The zero-order valence-electron chi connectivity index (χ0n) is 50.0. The van der Waals surface area contributed by atoms with Gasteiger partial charge < -0.3 is 18.9 Å². The highest BCUT2D eigenvalue weighted by Crippen LogP contribution is 2.43. The molecule has 0 saturated carbocycles. The second kappa shape index (κ2) is 56.7. The molecule has 0 rings (SSSR count). The van der Waals surface area contributed by atoms with Crippen molar-refractivity contribution in [1.29, 1.82) is 0 Å². The van der Waals surface area contributed by atoms with Crippen molar-refractivity contribution in [3.05, 3.63) is 48.6 Å². The van der Waals surface area contributed by atoms with E-state index >= 15 is 0 Å². The lowest BCUT2D eigenvalue weighted by atomic mass is 10.0. The number of rotatable bonds is 59. The van der Waals surface area contributed by atoms with Gasteiger partial charge in [0.25, 0.3) is 0 Å². The van der Waals surface area contributed by atoms with Crippen LogP contribution in [0.2, 0.25) is 0 Å². The van der Waals surface area contributed by atoms with Crippen molar-refractivity contribution < 1.29 is 42.1 Å². The van der Waals surface area contributed by atoms with Gasteiger partial charge in [-0.2, -0.15) is 0 Å². The summed E-state index contributed by atoms with van der Waals surface area (Å²) in [5, 5.41) is 0. The van der Waals surface area contributed by atoms with Gasteiger partial charge in [-0.15, -0.1) is 0 Å². The molecule has 0 spiro atoms. The summed E-state index contributed by atoms with van der Waals surface area (Å²) in [7, 11) is 1.49. The summed E-state index contributed by atoms with van der Waals surface area (Å²) < 4.78 is 34.6. The van der Waals surface area contributed by atoms with E-state index in [2.05, 4.69) is 62.5 Å². The highest BCUT2D eigenvalue weighted by Gasteiger charge is 2.27. The molecule has 9 nitrogen and oxygen atoms in total. The number of ether oxygens (including phenoxy) is 2. The van der Waals surface area contributed by atoms with E-state index in [1.165, 1.54) is 212 Å². The summed E-state index contributed by atoms with van der Waals surface area (Å²) in [5.41, 5.74) is 0. The number of carbonyl (C=O) groups is 2. The zero-order chi connectivity index (χ0) is 54.9. The Morgan fingerprint density at radius 1 is 0.427 bits per heavy atom. The molecule has 0 fully saturated rings. The van der Waals surface area contributed by atoms with Crippen molar-refractivity contribution in [3.8, 4) is 0 Å². The Morgan fingerprint density at radius 2 is 0.760 bits per heavy atom. The number of likely N-dealkylation sites (N-methyl/N-ethyl adjacent to an activating group) is 1. The van der Waals surface area contributed by atoms with E-state index in [9.17, 15) is 19.0 Å². The third-order valence-corrected chi connectivity index (χ3v) is 15.1. The van der Waals surface area contributed by atoms with E-state index < -0.39 is 26.5 Å². The van der Waals surface area contributed by atoms with E-state index in [0.29, 0.717) is 23.9 Å². The summed E-state index contributed by atoms with van der Waals surface area (Å²) in [4.78, 5) is 35.7. The molecule has 2 atom stereocenters. The molecule has 0 aliphatic rings. The minimum Gasteiger partial charge on any atom is -0.462 e. The first-order valence-corrected chi connectivity index (χ1v) is 33.4. The number of hydrogen-bond acceptors (Lipinski definition) is 7. The van der Waals surface area contributed by atoms with Gasteiger partial charge >= 0.3 is 19.8 Å². The molecule has 0 heterocycles. The van der Waals surface area contributed by atoms with Crippen LogP contribution in [-0.2, 0) is 32.7 Å². The van der Waals surface area contributed by atoms with Crippen LogP contribution in [0.25, 0.3) is 0 Å². The Morgan fingerprint density at radius 3 is 1.13 bits per heavy atom. The third-order valence-electron chi connectivity index (χ3n) is 14.1. The maximum absolute atomic E-state index is 12.8. The molecule has 1 N–H and O–H groups in total. The summed E-state index contributed by atoms with van der Waals surface area (Å²) in [6.45, 7) is 4.37. The van der Waals surface area contributed by atoms with Crippen molar-refractivity contribution in [2.24, 2.45) is 0 Å². The normalized spacial score (nSPS) is 13.5. The molecule has 0 aromatic heterocycles. The van der Waals surface area contributed by atoms with E-state index in [1.807, 2.05) is 21.1 Å². The Hall–Kier alpha value is -2.03. The van der Waals surface area contributed by atoms with Gasteiger partial charge in [0.1, 0.15) is 19.8 Å². The minimum atomic E-state index is -4.38. The molecular weight excluding hydrogens is 954 g/mol. The fourth-order valence-electron chi connectivity index (χ4n) is 9.25. The molecule has 10 heteroatoms. The van der Waals surface area contributed by atoms with Gasteiger partial charge in [0.2, 0.25) is 0 Å². The fraction of sp³-hybridized carbons (Fsp3) is 0.846. The summed E-state index contributed by atoms with van der Waals surface area (Å²) >= 11 is 0. The van der Waals surface area contributed by atoms with Gasteiger partial charge in [0, 0.05) is 12.8 Å². The molecule has 0 aliphatic carbocycles. The standard InChI is InChI=1S/C65H122NO8P/c1-6-8-10-12-14-16-18-20-22-24-25-26-27-28-29-30-31-32-33-34-35-36-37-38-39-40-41-42-44-46-48-50-52-54-56-58-65(68)74-63(62-73-75(69,70)72-60-59-66(3,4)5)61-71-64(67)57-55-53-51-49-47-45-43-23-21-19-17-15-13-11-9-7-2/h8,10,14,16,20,22,25-26,63H,6-7,9,11-13,15,17-19,21,23-24,27-62H2,1-5H3/p+1/b10-8-,16-14-,22-20-,26-25-. The number of unbranched alkanes of at least 4 members (excludes halogenated alkanes) is 37. The van der Waals surface area contributed by atoms with Gasteiger partial charge in [-0.3, -0.25) is 18.6 Å². The van der Waals surface area contributed by atoms with Crippen LogP contribution in [0.5, 0.6) is 0 Å². The second-order valence-corrected chi connectivity index (χ2v) is 24.2. The fourth-order valence-corrected chi connectivity index (χ4v) is 9.99. The number of esters is 2. The second-order valence-electron chi connectivity index (χ2n) is 22.8. The Labute approximate surface area is 464 Å². The van der Waals surface area contributed by atoms with Crippen LogP contribution in [0, 0.1) is 0 Å². The molecule has 0 amide bonds. The molecule has 0 aromatic carbocycles. The quantitative estimate of drug-likeness (QED) is 0.0211. The maximum atomic E-state index is 12.8. The molecule has 0 radical (unpaired) electrons. The van der Waals surface area contributed by atoms with E-state index in [0.717, 1.165) is 57.8 Å². The first-order valence-electron chi connectivity index (χ1n) is 31.9. The number of carbonyl (C=O) groups excluding carboxylic acids is 2. The largest absolute Gasteiger partial charge is 0.472 e. The molecule has 0 aromatic rings. The van der Waals surface area contributed by atoms with Gasteiger partial charge in [0.05, 0.1) is 27.7 Å². The van der Waals surface area contributed by atoms with E-state index in [1.54, 1.807) is 0 Å². The van der Waals surface area contributed by atoms with Crippen LogP contribution in [0.3, 0.4) is 0 Å². The maximum Gasteiger partial charge on any atom is 0.472 e. The SMILES string of the molecule is CC/C=C\C/C=C\C/C=C\C/C=C\CCCCCCCCCCCCCCCCCCCCCCCCC(=O)OC(COC(=O)CCCCCCCCCCCCCCCCCC)COP(=O)(O)OCC[N+](C)(C)C. The lowest BCUT2D eigenvalue weighted by molar-refractivity contribution is -0.870.